The predicted octanol–water partition coefficient (Wildman–Crippen LogP) is 2.62. The molecule has 0 aliphatic heterocycles. The third-order valence-corrected chi connectivity index (χ3v) is 3.32. The third kappa shape index (κ3) is 3.39. The second-order valence-electron chi connectivity index (χ2n) is 3.86. The van der Waals surface area contributed by atoms with Crippen LogP contribution in [0.3, 0.4) is 0 Å². The molecule has 1 unspecified atom stereocenters. The maximum absolute atomic E-state index is 5.03. The lowest BCUT2D eigenvalue weighted by Gasteiger charge is -2.15. The van der Waals surface area contributed by atoms with Crippen molar-refractivity contribution in [3.63, 3.8) is 0 Å². The van der Waals surface area contributed by atoms with Crippen molar-refractivity contribution >= 4 is 11.3 Å². The average molecular weight is 212 g/mol. The van der Waals surface area contributed by atoms with Gasteiger partial charge in [0.2, 0.25) is 0 Å². The van der Waals surface area contributed by atoms with E-state index in [0.29, 0.717) is 0 Å². The van der Waals surface area contributed by atoms with Crippen molar-refractivity contribution in [2.75, 3.05) is 6.54 Å². The molecule has 0 saturated carbocycles. The highest BCUT2D eigenvalue weighted by atomic mass is 32.1. The summed E-state index contributed by atoms with van der Waals surface area (Å²) >= 11 is 1.82. The molecule has 2 N–H and O–H groups in total. The largest absolute Gasteiger partial charge is 0.330 e. The number of thiazole rings is 1. The Kier molecular flexibility index (Phi) is 5.12. The fourth-order valence-electron chi connectivity index (χ4n) is 1.47. The van der Waals surface area contributed by atoms with E-state index in [1.165, 1.54) is 29.8 Å². The zero-order valence-electron chi connectivity index (χ0n) is 9.12. The van der Waals surface area contributed by atoms with Crippen LogP contribution in [0.1, 0.15) is 37.3 Å². The minimum Gasteiger partial charge on any atom is -0.330 e. The third-order valence-electron chi connectivity index (χ3n) is 2.42. The lowest BCUT2D eigenvalue weighted by molar-refractivity contribution is 0.502. The maximum Gasteiger partial charge on any atom is 0.0797 e. The molecule has 0 fully saturated rings. The fourth-order valence-corrected chi connectivity index (χ4v) is 2.44. The molecule has 0 spiro atoms. The van der Waals surface area contributed by atoms with Crippen LogP contribution in [-0.4, -0.2) is 11.5 Å². The van der Waals surface area contributed by atoms with E-state index in [0.717, 1.165) is 18.9 Å². The van der Waals surface area contributed by atoms with Gasteiger partial charge in [-0.15, -0.1) is 11.3 Å². The smallest absolute Gasteiger partial charge is 0.0797 e. The molecule has 0 aromatic carbocycles. The van der Waals surface area contributed by atoms with Gasteiger partial charge in [0, 0.05) is 4.88 Å². The summed E-state index contributed by atoms with van der Waals surface area (Å²) in [6, 6.07) is 0. The van der Waals surface area contributed by atoms with E-state index in [4.69, 9.17) is 5.73 Å². The van der Waals surface area contributed by atoms with Crippen molar-refractivity contribution in [1.29, 1.82) is 0 Å². The summed E-state index contributed by atoms with van der Waals surface area (Å²) in [6.45, 7) is 5.20. The molecule has 1 atom stereocenters. The molecule has 2 nitrogen and oxygen atoms in total. The highest BCUT2D eigenvalue weighted by molar-refractivity contribution is 7.09. The van der Waals surface area contributed by atoms with Gasteiger partial charge in [-0.25, -0.2) is 4.98 Å². The topological polar surface area (TPSA) is 38.9 Å². The van der Waals surface area contributed by atoms with Crippen molar-refractivity contribution in [3.05, 3.63) is 16.1 Å². The number of aromatic nitrogens is 1. The van der Waals surface area contributed by atoms with Crippen LogP contribution in [0.4, 0.5) is 0 Å². The Morgan fingerprint density at radius 2 is 2.36 bits per heavy atom. The molecule has 80 valence electrons. The van der Waals surface area contributed by atoms with Gasteiger partial charge in [-0.1, -0.05) is 13.8 Å². The maximum atomic E-state index is 5.03. The van der Waals surface area contributed by atoms with E-state index in [1.54, 1.807) is 0 Å². The van der Waals surface area contributed by atoms with E-state index in [9.17, 15) is 0 Å². The van der Waals surface area contributed by atoms with Gasteiger partial charge in [0.15, 0.2) is 0 Å². The van der Waals surface area contributed by atoms with Crippen LogP contribution in [-0.2, 0) is 12.8 Å². The molecule has 0 saturated heterocycles. The summed E-state index contributed by atoms with van der Waals surface area (Å²) in [4.78, 5) is 5.84. The lowest BCUT2D eigenvalue weighted by Crippen LogP contribution is -2.08. The van der Waals surface area contributed by atoms with Crippen LogP contribution in [0.15, 0.2) is 5.51 Å². The van der Waals surface area contributed by atoms with E-state index < -0.39 is 0 Å². The number of nitrogens with zero attached hydrogens (tertiary/aromatic N) is 1. The first-order chi connectivity index (χ1) is 6.77. The van der Waals surface area contributed by atoms with Gasteiger partial charge < -0.3 is 5.73 Å². The molecule has 0 bridgehead atoms. The van der Waals surface area contributed by atoms with Crippen molar-refractivity contribution < 1.29 is 0 Å². The zero-order valence-corrected chi connectivity index (χ0v) is 9.94. The van der Waals surface area contributed by atoms with Gasteiger partial charge in [-0.05, 0) is 38.1 Å². The molecule has 0 amide bonds. The fraction of sp³-hybridized carbons (Fsp3) is 0.727. The van der Waals surface area contributed by atoms with Crippen molar-refractivity contribution in [2.24, 2.45) is 11.7 Å². The summed E-state index contributed by atoms with van der Waals surface area (Å²) in [6.07, 6.45) is 4.90. The SMILES string of the molecule is CC1CCc2ncsc2C1.CCCN. The minimum atomic E-state index is 0.819. The molecule has 2 rings (SSSR count). The Hall–Kier alpha value is -0.410. The van der Waals surface area contributed by atoms with Crippen LogP contribution in [0, 0.1) is 5.92 Å². The Balaban J connectivity index is 0.000000213. The van der Waals surface area contributed by atoms with Gasteiger partial charge >= 0.3 is 0 Å². The molecule has 3 heteroatoms. The minimum absolute atomic E-state index is 0.819. The summed E-state index contributed by atoms with van der Waals surface area (Å²) in [5.74, 6) is 0.882. The van der Waals surface area contributed by atoms with Crippen LogP contribution in [0.5, 0.6) is 0 Å². The Labute approximate surface area is 90.6 Å². The van der Waals surface area contributed by atoms with Crippen LogP contribution in [0.25, 0.3) is 0 Å². The number of aryl methyl sites for hydroxylation is 1. The van der Waals surface area contributed by atoms with E-state index in [1.807, 2.05) is 16.8 Å². The quantitative estimate of drug-likeness (QED) is 0.777. The normalized spacial score (nSPS) is 19.5. The van der Waals surface area contributed by atoms with Gasteiger partial charge in [0.05, 0.1) is 11.2 Å². The summed E-state index contributed by atoms with van der Waals surface area (Å²) in [5.41, 5.74) is 8.37. The molecule has 1 heterocycles. The van der Waals surface area contributed by atoms with Crippen molar-refractivity contribution in [1.82, 2.24) is 4.98 Å². The summed E-state index contributed by atoms with van der Waals surface area (Å²) in [5, 5.41) is 0. The molecular weight excluding hydrogens is 192 g/mol. The van der Waals surface area contributed by atoms with E-state index in [-0.39, 0.29) is 0 Å². The highest BCUT2D eigenvalue weighted by Gasteiger charge is 2.16. The molecule has 1 aromatic heterocycles. The summed E-state index contributed by atoms with van der Waals surface area (Å²) in [7, 11) is 0. The Morgan fingerprint density at radius 3 is 3.00 bits per heavy atom. The Bertz CT molecular complexity index is 256. The van der Waals surface area contributed by atoms with Gasteiger partial charge in [-0.2, -0.15) is 0 Å². The van der Waals surface area contributed by atoms with Crippen LogP contribution < -0.4 is 5.73 Å². The van der Waals surface area contributed by atoms with Gasteiger partial charge in [0.1, 0.15) is 0 Å². The molecule has 0 radical (unpaired) electrons. The number of nitrogens with two attached hydrogens (primary N) is 1. The Morgan fingerprint density at radius 1 is 1.64 bits per heavy atom. The monoisotopic (exact) mass is 212 g/mol. The van der Waals surface area contributed by atoms with Crippen LogP contribution in [0.2, 0.25) is 0 Å². The second-order valence-corrected chi connectivity index (χ2v) is 4.80. The first-order valence-corrected chi connectivity index (χ1v) is 6.27. The van der Waals surface area contributed by atoms with Crippen LogP contribution >= 0.6 is 11.3 Å². The number of hydrogen-bond donors (Lipinski definition) is 1. The number of fused-ring (bicyclic) bond motifs is 1. The molecular formula is C11H20N2S. The van der Waals surface area contributed by atoms with Gasteiger partial charge in [0.25, 0.3) is 0 Å². The molecule has 1 aromatic rings. The van der Waals surface area contributed by atoms with E-state index >= 15 is 0 Å². The first kappa shape index (κ1) is 11.7. The highest BCUT2D eigenvalue weighted by Crippen LogP contribution is 2.26. The lowest BCUT2D eigenvalue weighted by atomic mass is 9.93. The molecule has 14 heavy (non-hydrogen) atoms. The number of hydrogen-bond acceptors (Lipinski definition) is 3. The first-order valence-electron chi connectivity index (χ1n) is 5.39. The molecule has 1 aliphatic carbocycles. The second kappa shape index (κ2) is 6.14. The van der Waals surface area contributed by atoms with Gasteiger partial charge in [-0.3, -0.25) is 0 Å². The zero-order chi connectivity index (χ0) is 10.4. The standard InChI is InChI=1S/C8H11NS.C3H9N/c1-6-2-3-7-8(4-6)10-5-9-7;1-2-3-4/h5-6H,2-4H2,1H3;2-4H2,1H3. The number of rotatable bonds is 1. The summed E-state index contributed by atoms with van der Waals surface area (Å²) < 4.78 is 0. The van der Waals surface area contributed by atoms with Crippen molar-refractivity contribution in [3.8, 4) is 0 Å². The van der Waals surface area contributed by atoms with E-state index in [2.05, 4.69) is 18.8 Å². The van der Waals surface area contributed by atoms with Crippen molar-refractivity contribution in [2.45, 2.75) is 39.5 Å². The predicted molar refractivity (Wildman–Crippen MR) is 62.6 cm³/mol. The average Bonchev–Trinajstić information content (AvgIpc) is 2.65. The molecule has 1 aliphatic rings.